The maximum atomic E-state index is 12.3. The van der Waals surface area contributed by atoms with Crippen molar-refractivity contribution in [1.82, 2.24) is 0 Å². The predicted octanol–water partition coefficient (Wildman–Crippen LogP) is 4.46. The molecule has 1 aromatic rings. The summed E-state index contributed by atoms with van der Waals surface area (Å²) in [6.45, 7) is 4.32. The van der Waals surface area contributed by atoms with Gasteiger partial charge in [-0.3, -0.25) is 0 Å². The molecule has 1 aliphatic carbocycles. The van der Waals surface area contributed by atoms with E-state index in [-0.39, 0.29) is 0 Å². The van der Waals surface area contributed by atoms with Crippen LogP contribution < -0.4 is 0 Å². The van der Waals surface area contributed by atoms with Crippen LogP contribution in [0.2, 0.25) is 0 Å². The van der Waals surface area contributed by atoms with Gasteiger partial charge in [0.15, 0.2) is 0 Å². The molecule has 0 saturated heterocycles. The highest BCUT2D eigenvalue weighted by Crippen LogP contribution is 2.51. The summed E-state index contributed by atoms with van der Waals surface area (Å²) in [4.78, 5) is 0. The molecule has 1 aromatic carbocycles. The van der Waals surface area contributed by atoms with Crippen molar-refractivity contribution in [3.8, 4) is 0 Å². The van der Waals surface area contributed by atoms with E-state index in [9.17, 15) is 13.2 Å². The molecule has 2 atom stereocenters. The van der Waals surface area contributed by atoms with E-state index in [2.05, 4.69) is 13.8 Å². The largest absolute Gasteiger partial charge is 0.416 e. The molecule has 1 saturated carbocycles. The van der Waals surface area contributed by atoms with Crippen LogP contribution in [-0.4, -0.2) is 0 Å². The summed E-state index contributed by atoms with van der Waals surface area (Å²) in [5, 5.41) is 0. The zero-order valence-corrected chi connectivity index (χ0v) is 9.38. The van der Waals surface area contributed by atoms with E-state index in [0.29, 0.717) is 17.8 Å². The number of hydrogen-bond acceptors (Lipinski definition) is 0. The van der Waals surface area contributed by atoms with Crippen molar-refractivity contribution in [2.75, 3.05) is 0 Å². The summed E-state index contributed by atoms with van der Waals surface area (Å²) >= 11 is 0. The molecule has 16 heavy (non-hydrogen) atoms. The van der Waals surface area contributed by atoms with Crippen molar-refractivity contribution in [3.05, 3.63) is 35.4 Å². The lowest BCUT2D eigenvalue weighted by molar-refractivity contribution is -0.137. The average molecular weight is 228 g/mol. The first-order valence-electron chi connectivity index (χ1n) is 5.56. The lowest BCUT2D eigenvalue weighted by atomic mass is 10.0. The van der Waals surface area contributed by atoms with E-state index >= 15 is 0 Å². The lowest BCUT2D eigenvalue weighted by Crippen LogP contribution is -2.04. The lowest BCUT2D eigenvalue weighted by Gasteiger charge is -2.08. The Hall–Kier alpha value is -0.990. The van der Waals surface area contributed by atoms with E-state index in [0.717, 1.165) is 12.0 Å². The van der Waals surface area contributed by atoms with Crippen molar-refractivity contribution >= 4 is 0 Å². The first kappa shape index (κ1) is 11.5. The Kier molecular flexibility index (Phi) is 2.72. The van der Waals surface area contributed by atoms with E-state index in [1.807, 2.05) is 0 Å². The van der Waals surface area contributed by atoms with Gasteiger partial charge in [0.05, 0.1) is 5.56 Å². The number of rotatable bonds is 2. The Morgan fingerprint density at radius 2 is 1.69 bits per heavy atom. The van der Waals surface area contributed by atoms with Gasteiger partial charge in [-0.2, -0.15) is 13.2 Å². The maximum absolute atomic E-state index is 12.3. The molecular formula is C13H15F3. The first-order chi connectivity index (χ1) is 7.39. The van der Waals surface area contributed by atoms with Crippen molar-refractivity contribution in [3.63, 3.8) is 0 Å². The van der Waals surface area contributed by atoms with Gasteiger partial charge in [0.2, 0.25) is 0 Å². The van der Waals surface area contributed by atoms with E-state index in [1.54, 1.807) is 12.1 Å². The molecule has 0 radical (unpaired) electrons. The van der Waals surface area contributed by atoms with E-state index in [1.165, 1.54) is 12.1 Å². The first-order valence-corrected chi connectivity index (χ1v) is 5.56. The quantitative estimate of drug-likeness (QED) is 0.700. The molecular weight excluding hydrogens is 213 g/mol. The van der Waals surface area contributed by atoms with Crippen LogP contribution in [0, 0.1) is 11.8 Å². The summed E-state index contributed by atoms with van der Waals surface area (Å²) in [6.07, 6.45) is -3.11. The van der Waals surface area contributed by atoms with Crippen LogP contribution >= 0.6 is 0 Å². The SMILES string of the molecule is CC(C)[C@H]1C[C@@H]1c1ccc(C(F)(F)F)cc1. The van der Waals surface area contributed by atoms with Gasteiger partial charge in [0.1, 0.15) is 0 Å². The minimum atomic E-state index is -4.22. The van der Waals surface area contributed by atoms with Crippen molar-refractivity contribution in [1.29, 1.82) is 0 Å². The highest BCUT2D eigenvalue weighted by molar-refractivity contribution is 5.30. The molecule has 0 nitrogen and oxygen atoms in total. The zero-order chi connectivity index (χ0) is 11.9. The number of halogens is 3. The molecule has 1 aliphatic rings. The third-order valence-corrected chi connectivity index (χ3v) is 3.36. The van der Waals surface area contributed by atoms with Crippen LogP contribution in [0.5, 0.6) is 0 Å². The van der Waals surface area contributed by atoms with Gasteiger partial charge in [-0.25, -0.2) is 0 Å². The van der Waals surface area contributed by atoms with Crippen LogP contribution in [0.4, 0.5) is 13.2 Å². The minimum absolute atomic E-state index is 0.474. The Balaban J connectivity index is 2.10. The molecule has 0 unspecified atom stereocenters. The van der Waals surface area contributed by atoms with E-state index < -0.39 is 11.7 Å². The number of hydrogen-bond donors (Lipinski definition) is 0. The smallest absolute Gasteiger partial charge is 0.166 e. The fraction of sp³-hybridized carbons (Fsp3) is 0.538. The van der Waals surface area contributed by atoms with Crippen LogP contribution in [0.1, 0.15) is 37.3 Å². The summed E-state index contributed by atoms with van der Waals surface area (Å²) in [5.74, 6) is 1.74. The van der Waals surface area contributed by atoms with Gasteiger partial charge in [0, 0.05) is 0 Å². The van der Waals surface area contributed by atoms with Crippen LogP contribution in [0.15, 0.2) is 24.3 Å². The van der Waals surface area contributed by atoms with Crippen molar-refractivity contribution in [2.45, 2.75) is 32.4 Å². The van der Waals surface area contributed by atoms with Crippen LogP contribution in [0.3, 0.4) is 0 Å². The van der Waals surface area contributed by atoms with Crippen molar-refractivity contribution < 1.29 is 13.2 Å². The molecule has 0 amide bonds. The Labute approximate surface area is 93.5 Å². The molecule has 0 heterocycles. The predicted molar refractivity (Wildman–Crippen MR) is 57.1 cm³/mol. The molecule has 0 aliphatic heterocycles. The normalized spacial score (nSPS) is 24.9. The van der Waals surface area contributed by atoms with E-state index in [4.69, 9.17) is 0 Å². The molecule has 0 N–H and O–H groups in total. The minimum Gasteiger partial charge on any atom is -0.166 e. The molecule has 0 bridgehead atoms. The summed E-state index contributed by atoms with van der Waals surface area (Å²) in [7, 11) is 0. The molecule has 0 aromatic heterocycles. The number of benzene rings is 1. The average Bonchev–Trinajstić information content (AvgIpc) is 2.96. The zero-order valence-electron chi connectivity index (χ0n) is 9.38. The molecule has 1 fully saturated rings. The Morgan fingerprint density at radius 1 is 1.12 bits per heavy atom. The second kappa shape index (κ2) is 3.79. The van der Waals surface area contributed by atoms with Gasteiger partial charge < -0.3 is 0 Å². The molecule has 2 rings (SSSR count). The summed E-state index contributed by atoms with van der Waals surface area (Å²) < 4.78 is 37.0. The maximum Gasteiger partial charge on any atom is 0.416 e. The molecule has 88 valence electrons. The van der Waals surface area contributed by atoms with Gasteiger partial charge in [-0.1, -0.05) is 26.0 Å². The fourth-order valence-corrected chi connectivity index (χ4v) is 2.25. The Bertz CT molecular complexity index is 362. The Morgan fingerprint density at radius 3 is 2.06 bits per heavy atom. The van der Waals surface area contributed by atoms with Gasteiger partial charge in [0.25, 0.3) is 0 Å². The monoisotopic (exact) mass is 228 g/mol. The number of alkyl halides is 3. The molecule has 3 heteroatoms. The standard InChI is InChI=1S/C13H15F3/c1-8(2)11-7-12(11)9-3-5-10(6-4-9)13(14,15)16/h3-6,8,11-12H,7H2,1-2H3/t11-,12-/m1/s1. The summed E-state index contributed by atoms with van der Waals surface area (Å²) in [6, 6.07) is 5.61. The topological polar surface area (TPSA) is 0 Å². The third-order valence-electron chi connectivity index (χ3n) is 3.36. The third kappa shape index (κ3) is 2.23. The fourth-order valence-electron chi connectivity index (χ4n) is 2.25. The summed E-state index contributed by atoms with van der Waals surface area (Å²) in [5.41, 5.74) is 0.490. The molecule has 0 spiro atoms. The van der Waals surface area contributed by atoms with Gasteiger partial charge >= 0.3 is 6.18 Å². The highest BCUT2D eigenvalue weighted by atomic mass is 19.4. The second-order valence-electron chi connectivity index (χ2n) is 4.87. The second-order valence-corrected chi connectivity index (χ2v) is 4.87. The van der Waals surface area contributed by atoms with Gasteiger partial charge in [-0.15, -0.1) is 0 Å². The highest BCUT2D eigenvalue weighted by Gasteiger charge is 2.40. The van der Waals surface area contributed by atoms with Crippen LogP contribution in [0.25, 0.3) is 0 Å². The van der Waals surface area contributed by atoms with Crippen molar-refractivity contribution in [2.24, 2.45) is 11.8 Å². The van der Waals surface area contributed by atoms with Crippen LogP contribution in [-0.2, 0) is 6.18 Å². The van der Waals surface area contributed by atoms with Gasteiger partial charge in [-0.05, 0) is 41.9 Å².